The Morgan fingerprint density at radius 2 is 1.37 bits per heavy atom. The Balaban J connectivity index is 1.16. The molecule has 1 saturated heterocycles. The van der Waals surface area contributed by atoms with Crippen molar-refractivity contribution >= 4 is 17.7 Å². The SMILES string of the molecule is O=C1C2C(C(=O)N1NC(=O)C13CC4CC(CC(C4)C1)C3)C1C=CC2C12CC2. The van der Waals surface area contributed by atoms with Crippen LogP contribution in [-0.2, 0) is 14.4 Å². The highest BCUT2D eigenvalue weighted by Gasteiger charge is 2.73. The number of carbonyl (C=O) groups is 3. The molecule has 7 fully saturated rings. The Hall–Kier alpha value is -1.65. The number of rotatable bonds is 2. The van der Waals surface area contributed by atoms with Crippen molar-refractivity contribution in [3.63, 3.8) is 0 Å². The Bertz CT molecular complexity index is 756. The van der Waals surface area contributed by atoms with Crippen LogP contribution < -0.4 is 5.43 Å². The number of carbonyl (C=O) groups excluding carboxylic acids is 3. The molecule has 1 heterocycles. The predicted octanol–water partition coefficient (Wildman–Crippen LogP) is 2.43. The molecule has 7 aliphatic carbocycles. The van der Waals surface area contributed by atoms with E-state index in [-0.39, 0.29) is 52.2 Å². The van der Waals surface area contributed by atoms with E-state index in [9.17, 15) is 14.4 Å². The maximum Gasteiger partial charge on any atom is 0.252 e. The number of imide groups is 1. The van der Waals surface area contributed by atoms with Crippen LogP contribution in [0.4, 0.5) is 0 Å². The van der Waals surface area contributed by atoms with Crippen molar-refractivity contribution in [1.82, 2.24) is 10.4 Å². The van der Waals surface area contributed by atoms with Crippen LogP contribution in [0.1, 0.15) is 51.4 Å². The first-order valence-electron chi connectivity index (χ1n) is 10.9. The molecule has 8 aliphatic rings. The standard InChI is InChI=1S/C22H26N2O3/c25-18-16-14-1-2-15(22(14)3-4-22)17(16)19(26)24(18)23-20(27)21-8-11-5-12(9-21)7-13(6-11)10-21/h1-2,11-17H,3-10H2,(H,23,27). The van der Waals surface area contributed by atoms with E-state index in [0.29, 0.717) is 17.8 Å². The normalized spacial score (nSPS) is 52.1. The topological polar surface area (TPSA) is 66.5 Å². The van der Waals surface area contributed by atoms with E-state index in [0.717, 1.165) is 37.1 Å². The molecule has 0 radical (unpaired) electrons. The average Bonchev–Trinajstić information content (AvgIpc) is 3.23. The molecule has 142 valence electrons. The van der Waals surface area contributed by atoms with Crippen LogP contribution in [0.15, 0.2) is 12.2 Å². The molecule has 4 unspecified atom stereocenters. The second-order valence-electron chi connectivity index (χ2n) is 10.9. The number of amides is 3. The van der Waals surface area contributed by atoms with E-state index >= 15 is 0 Å². The monoisotopic (exact) mass is 366 g/mol. The van der Waals surface area contributed by atoms with Crippen molar-refractivity contribution in [2.45, 2.75) is 51.4 Å². The maximum absolute atomic E-state index is 13.3. The summed E-state index contributed by atoms with van der Waals surface area (Å²) in [7, 11) is 0. The molecular weight excluding hydrogens is 340 g/mol. The van der Waals surface area contributed by atoms with Gasteiger partial charge in [-0.15, -0.1) is 0 Å². The molecule has 0 aromatic rings. The van der Waals surface area contributed by atoms with Crippen molar-refractivity contribution < 1.29 is 14.4 Å². The van der Waals surface area contributed by atoms with Gasteiger partial charge in [-0.1, -0.05) is 12.2 Å². The molecule has 1 spiro atoms. The smallest absolute Gasteiger partial charge is 0.252 e. The zero-order valence-electron chi connectivity index (χ0n) is 15.5. The first-order valence-corrected chi connectivity index (χ1v) is 10.9. The van der Waals surface area contributed by atoms with Gasteiger partial charge in [0, 0.05) is 0 Å². The van der Waals surface area contributed by atoms with E-state index in [1.807, 2.05) is 0 Å². The number of nitrogens with zero attached hydrogens (tertiary/aromatic N) is 1. The molecule has 6 bridgehead atoms. The second-order valence-corrected chi connectivity index (χ2v) is 10.9. The van der Waals surface area contributed by atoms with E-state index in [4.69, 9.17) is 0 Å². The van der Waals surface area contributed by atoms with Crippen LogP contribution >= 0.6 is 0 Å². The third kappa shape index (κ3) is 1.67. The molecule has 0 aromatic heterocycles. The summed E-state index contributed by atoms with van der Waals surface area (Å²) >= 11 is 0. The van der Waals surface area contributed by atoms with Crippen molar-refractivity contribution in [3.8, 4) is 0 Å². The lowest BCUT2D eigenvalue weighted by molar-refractivity contribution is -0.160. The van der Waals surface area contributed by atoms with Crippen molar-refractivity contribution in [3.05, 3.63) is 12.2 Å². The fourth-order valence-corrected chi connectivity index (χ4v) is 8.80. The number of nitrogens with one attached hydrogen (secondary N) is 1. The Labute approximate surface area is 158 Å². The summed E-state index contributed by atoms with van der Waals surface area (Å²) in [6.45, 7) is 0. The molecular formula is C22H26N2O3. The molecule has 27 heavy (non-hydrogen) atoms. The first-order chi connectivity index (χ1) is 13.0. The van der Waals surface area contributed by atoms with Crippen LogP contribution in [-0.4, -0.2) is 22.7 Å². The predicted molar refractivity (Wildman–Crippen MR) is 95.4 cm³/mol. The summed E-state index contributed by atoms with van der Waals surface area (Å²) in [5, 5.41) is 1.14. The van der Waals surface area contributed by atoms with Crippen LogP contribution in [0.2, 0.25) is 0 Å². The van der Waals surface area contributed by atoms with Gasteiger partial charge in [0.05, 0.1) is 17.3 Å². The van der Waals surface area contributed by atoms with Gasteiger partial charge in [-0.05, 0) is 86.4 Å². The van der Waals surface area contributed by atoms with Crippen LogP contribution in [0, 0.1) is 52.3 Å². The maximum atomic E-state index is 13.3. The second kappa shape index (κ2) is 4.49. The fourth-order valence-electron chi connectivity index (χ4n) is 8.80. The third-order valence-corrected chi connectivity index (χ3v) is 9.59. The van der Waals surface area contributed by atoms with Gasteiger partial charge in [-0.25, -0.2) is 0 Å². The Morgan fingerprint density at radius 3 is 1.81 bits per heavy atom. The largest absolute Gasteiger partial charge is 0.273 e. The average molecular weight is 366 g/mol. The van der Waals surface area contributed by atoms with Gasteiger partial charge in [0.2, 0.25) is 5.91 Å². The number of allylic oxidation sites excluding steroid dienone is 2. The van der Waals surface area contributed by atoms with E-state index in [1.54, 1.807) is 0 Å². The summed E-state index contributed by atoms with van der Waals surface area (Å²) in [6.07, 6.45) is 13.3. The molecule has 1 N–H and O–H groups in total. The number of hydrogen-bond donors (Lipinski definition) is 1. The number of fused-ring (bicyclic) bond motifs is 3. The van der Waals surface area contributed by atoms with Gasteiger partial charge < -0.3 is 0 Å². The van der Waals surface area contributed by atoms with Crippen LogP contribution in [0.25, 0.3) is 0 Å². The molecule has 4 atom stereocenters. The van der Waals surface area contributed by atoms with Crippen molar-refractivity contribution in [1.29, 1.82) is 0 Å². The van der Waals surface area contributed by atoms with Gasteiger partial charge in [-0.2, -0.15) is 5.01 Å². The minimum Gasteiger partial charge on any atom is -0.273 e. The zero-order valence-corrected chi connectivity index (χ0v) is 15.5. The summed E-state index contributed by atoms with van der Waals surface area (Å²) in [5.41, 5.74) is 2.72. The lowest BCUT2D eigenvalue weighted by atomic mass is 9.49. The van der Waals surface area contributed by atoms with E-state index < -0.39 is 0 Å². The molecule has 5 nitrogen and oxygen atoms in total. The lowest BCUT2D eigenvalue weighted by Crippen LogP contribution is -2.58. The molecule has 3 amide bonds. The third-order valence-electron chi connectivity index (χ3n) is 9.59. The van der Waals surface area contributed by atoms with Crippen LogP contribution in [0.5, 0.6) is 0 Å². The van der Waals surface area contributed by atoms with Gasteiger partial charge in [0.15, 0.2) is 0 Å². The minimum absolute atomic E-state index is 0.0512. The molecule has 8 rings (SSSR count). The minimum atomic E-state index is -0.331. The van der Waals surface area contributed by atoms with Crippen LogP contribution in [0.3, 0.4) is 0 Å². The molecule has 0 aromatic carbocycles. The number of hydrogen-bond acceptors (Lipinski definition) is 3. The summed E-state index contributed by atoms with van der Waals surface area (Å²) in [6, 6.07) is 0. The van der Waals surface area contributed by atoms with Crippen molar-refractivity contribution in [2.24, 2.45) is 52.3 Å². The van der Waals surface area contributed by atoms with Gasteiger partial charge >= 0.3 is 0 Å². The van der Waals surface area contributed by atoms with E-state index in [1.165, 1.54) is 19.3 Å². The van der Waals surface area contributed by atoms with E-state index in [2.05, 4.69) is 17.6 Å². The highest BCUT2D eigenvalue weighted by atomic mass is 16.2. The summed E-state index contributed by atoms with van der Waals surface area (Å²) in [5.74, 6) is 1.62. The highest BCUT2D eigenvalue weighted by Crippen LogP contribution is 2.73. The quantitative estimate of drug-likeness (QED) is 0.603. The zero-order chi connectivity index (χ0) is 18.1. The number of hydrazine groups is 1. The van der Waals surface area contributed by atoms with Crippen molar-refractivity contribution in [2.75, 3.05) is 0 Å². The van der Waals surface area contributed by atoms with Gasteiger partial charge in [-0.3, -0.25) is 19.8 Å². The summed E-state index contributed by atoms with van der Waals surface area (Å²) in [4.78, 5) is 39.6. The molecule has 6 saturated carbocycles. The fraction of sp³-hybridized carbons (Fsp3) is 0.773. The lowest BCUT2D eigenvalue weighted by Gasteiger charge is -2.55. The van der Waals surface area contributed by atoms with Gasteiger partial charge in [0.25, 0.3) is 11.8 Å². The Morgan fingerprint density at radius 1 is 0.889 bits per heavy atom. The summed E-state index contributed by atoms with van der Waals surface area (Å²) < 4.78 is 0. The molecule has 1 aliphatic heterocycles. The Kier molecular flexibility index (Phi) is 2.55. The first kappa shape index (κ1) is 15.3. The molecule has 5 heteroatoms. The highest BCUT2D eigenvalue weighted by molar-refractivity contribution is 6.08. The van der Waals surface area contributed by atoms with Gasteiger partial charge in [0.1, 0.15) is 0 Å².